The molecule has 1 aliphatic heterocycles. The number of benzene rings is 3. The van der Waals surface area contributed by atoms with Gasteiger partial charge in [-0.2, -0.15) is 0 Å². The summed E-state index contributed by atoms with van der Waals surface area (Å²) >= 11 is 0. The van der Waals surface area contributed by atoms with Crippen LogP contribution in [-0.4, -0.2) is 12.6 Å². The molecule has 0 aliphatic carbocycles. The van der Waals surface area contributed by atoms with Crippen LogP contribution < -0.4 is 14.2 Å². The van der Waals surface area contributed by atoms with Gasteiger partial charge in [0.25, 0.3) is 0 Å². The lowest BCUT2D eigenvalue weighted by Crippen LogP contribution is -1.95. The number of hydrogen-bond donors (Lipinski definition) is 0. The summed E-state index contributed by atoms with van der Waals surface area (Å²) < 4.78 is 16.3. The van der Waals surface area contributed by atoms with Gasteiger partial charge < -0.3 is 14.2 Å². The van der Waals surface area contributed by atoms with E-state index >= 15 is 0 Å². The van der Waals surface area contributed by atoms with E-state index in [1.807, 2.05) is 54.6 Å². The molecule has 27 heavy (non-hydrogen) atoms. The lowest BCUT2D eigenvalue weighted by molar-refractivity contribution is 0.104. The number of ketones is 1. The van der Waals surface area contributed by atoms with Crippen LogP contribution >= 0.6 is 0 Å². The van der Waals surface area contributed by atoms with Gasteiger partial charge in [-0.25, -0.2) is 0 Å². The van der Waals surface area contributed by atoms with Crippen molar-refractivity contribution in [3.8, 4) is 17.2 Å². The summed E-state index contributed by atoms with van der Waals surface area (Å²) in [6.07, 6.45) is 3.34. The highest BCUT2D eigenvalue weighted by Crippen LogP contribution is 2.32. The molecule has 3 aromatic rings. The molecule has 0 bridgehead atoms. The smallest absolute Gasteiger partial charge is 0.231 e. The summed E-state index contributed by atoms with van der Waals surface area (Å²) in [5, 5.41) is 0. The first-order valence-corrected chi connectivity index (χ1v) is 8.67. The number of carbonyl (C=O) groups excluding carboxylic acids is 1. The third kappa shape index (κ3) is 4.18. The first kappa shape index (κ1) is 16.9. The van der Waals surface area contributed by atoms with Crippen LogP contribution in [0.25, 0.3) is 6.08 Å². The second-order valence-corrected chi connectivity index (χ2v) is 6.11. The number of rotatable bonds is 6. The Hall–Kier alpha value is -3.53. The SMILES string of the molecule is O=C(C=Cc1ccc(OCc2ccccc2)cc1)c1ccc2c(c1)OCO2. The molecule has 0 spiro atoms. The molecule has 0 N–H and O–H groups in total. The average molecular weight is 358 g/mol. The van der Waals surface area contributed by atoms with E-state index in [1.54, 1.807) is 30.4 Å². The predicted octanol–water partition coefficient (Wildman–Crippen LogP) is 4.89. The normalized spacial score (nSPS) is 12.3. The molecule has 0 atom stereocenters. The molecule has 0 amide bonds. The molecule has 4 heteroatoms. The van der Waals surface area contributed by atoms with E-state index in [4.69, 9.17) is 14.2 Å². The molecule has 0 saturated heterocycles. The van der Waals surface area contributed by atoms with E-state index in [2.05, 4.69) is 0 Å². The minimum atomic E-state index is -0.0855. The number of ether oxygens (including phenoxy) is 3. The van der Waals surface area contributed by atoms with Crippen LogP contribution in [-0.2, 0) is 6.61 Å². The molecule has 0 fully saturated rings. The van der Waals surface area contributed by atoms with E-state index < -0.39 is 0 Å². The van der Waals surface area contributed by atoms with Crippen molar-refractivity contribution in [2.24, 2.45) is 0 Å². The van der Waals surface area contributed by atoms with Crippen molar-refractivity contribution in [1.29, 1.82) is 0 Å². The minimum absolute atomic E-state index is 0.0855. The van der Waals surface area contributed by atoms with Gasteiger partial charge in [0, 0.05) is 5.56 Å². The van der Waals surface area contributed by atoms with Crippen molar-refractivity contribution >= 4 is 11.9 Å². The van der Waals surface area contributed by atoms with Gasteiger partial charge in [0.05, 0.1) is 0 Å². The molecule has 1 heterocycles. The van der Waals surface area contributed by atoms with E-state index in [0.717, 1.165) is 16.9 Å². The molecular formula is C23H18O4. The van der Waals surface area contributed by atoms with E-state index in [0.29, 0.717) is 23.7 Å². The Morgan fingerprint density at radius 1 is 0.926 bits per heavy atom. The van der Waals surface area contributed by atoms with E-state index in [1.165, 1.54) is 0 Å². The second-order valence-electron chi connectivity index (χ2n) is 6.11. The Morgan fingerprint density at radius 2 is 1.70 bits per heavy atom. The molecule has 1 aliphatic rings. The Bertz CT molecular complexity index is 959. The van der Waals surface area contributed by atoms with Crippen LogP contribution in [0.2, 0.25) is 0 Å². The molecule has 0 radical (unpaired) electrons. The molecule has 4 nitrogen and oxygen atoms in total. The summed E-state index contributed by atoms with van der Waals surface area (Å²) in [6, 6.07) is 22.8. The minimum Gasteiger partial charge on any atom is -0.489 e. The maximum Gasteiger partial charge on any atom is 0.231 e. The topological polar surface area (TPSA) is 44.8 Å². The van der Waals surface area contributed by atoms with Crippen molar-refractivity contribution in [2.45, 2.75) is 6.61 Å². The van der Waals surface area contributed by atoms with Crippen molar-refractivity contribution < 1.29 is 19.0 Å². The van der Waals surface area contributed by atoms with Crippen molar-refractivity contribution in [3.63, 3.8) is 0 Å². The molecule has 4 rings (SSSR count). The van der Waals surface area contributed by atoms with E-state index in [-0.39, 0.29) is 12.6 Å². The number of hydrogen-bond acceptors (Lipinski definition) is 4. The van der Waals surface area contributed by atoms with Gasteiger partial charge in [-0.15, -0.1) is 0 Å². The predicted molar refractivity (Wildman–Crippen MR) is 103 cm³/mol. The number of fused-ring (bicyclic) bond motifs is 1. The van der Waals surface area contributed by atoms with Gasteiger partial charge in [-0.05, 0) is 47.5 Å². The Morgan fingerprint density at radius 3 is 2.52 bits per heavy atom. The molecule has 0 saturated carbocycles. The Kier molecular flexibility index (Phi) is 4.88. The summed E-state index contributed by atoms with van der Waals surface area (Å²) in [7, 11) is 0. The quantitative estimate of drug-likeness (QED) is 0.465. The fraction of sp³-hybridized carbons (Fsp3) is 0.0870. The Labute approximate surface area is 157 Å². The summed E-state index contributed by atoms with van der Waals surface area (Å²) in [4.78, 5) is 12.3. The van der Waals surface area contributed by atoms with Crippen molar-refractivity contribution in [2.75, 3.05) is 6.79 Å². The maximum atomic E-state index is 12.3. The third-order valence-corrected chi connectivity index (χ3v) is 4.21. The number of allylic oxidation sites excluding steroid dienone is 1. The summed E-state index contributed by atoms with van der Waals surface area (Å²) in [6.45, 7) is 0.722. The first-order valence-electron chi connectivity index (χ1n) is 8.67. The molecule has 134 valence electrons. The summed E-state index contributed by atoms with van der Waals surface area (Å²) in [5.74, 6) is 1.98. The lowest BCUT2D eigenvalue weighted by atomic mass is 10.1. The van der Waals surface area contributed by atoms with Crippen molar-refractivity contribution in [3.05, 3.63) is 95.6 Å². The zero-order valence-electron chi connectivity index (χ0n) is 14.6. The lowest BCUT2D eigenvalue weighted by Gasteiger charge is -2.06. The zero-order chi connectivity index (χ0) is 18.5. The van der Waals surface area contributed by atoms with Gasteiger partial charge in [-0.1, -0.05) is 48.5 Å². The van der Waals surface area contributed by atoms with Gasteiger partial charge in [-0.3, -0.25) is 4.79 Å². The third-order valence-electron chi connectivity index (χ3n) is 4.21. The van der Waals surface area contributed by atoms with Gasteiger partial charge in [0.15, 0.2) is 17.3 Å². The monoisotopic (exact) mass is 358 g/mol. The fourth-order valence-electron chi connectivity index (χ4n) is 2.73. The molecular weight excluding hydrogens is 340 g/mol. The molecule has 0 aromatic heterocycles. The summed E-state index contributed by atoms with van der Waals surface area (Å²) in [5.41, 5.74) is 2.62. The maximum absolute atomic E-state index is 12.3. The molecule has 0 unspecified atom stereocenters. The van der Waals surface area contributed by atoms with Crippen LogP contribution in [0, 0.1) is 0 Å². The van der Waals surface area contributed by atoms with E-state index in [9.17, 15) is 4.79 Å². The highest BCUT2D eigenvalue weighted by atomic mass is 16.7. The number of carbonyl (C=O) groups is 1. The molecule has 3 aromatic carbocycles. The van der Waals surface area contributed by atoms with Crippen LogP contribution in [0.3, 0.4) is 0 Å². The highest BCUT2D eigenvalue weighted by molar-refractivity contribution is 6.07. The van der Waals surface area contributed by atoms with Gasteiger partial charge >= 0.3 is 0 Å². The largest absolute Gasteiger partial charge is 0.489 e. The van der Waals surface area contributed by atoms with Gasteiger partial charge in [0.1, 0.15) is 12.4 Å². The Balaban J connectivity index is 1.37. The van der Waals surface area contributed by atoms with Crippen LogP contribution in [0.4, 0.5) is 0 Å². The second kappa shape index (κ2) is 7.79. The van der Waals surface area contributed by atoms with Crippen molar-refractivity contribution in [1.82, 2.24) is 0 Å². The first-order chi connectivity index (χ1) is 13.3. The van der Waals surface area contributed by atoms with Crippen LogP contribution in [0.1, 0.15) is 21.5 Å². The zero-order valence-corrected chi connectivity index (χ0v) is 14.6. The van der Waals surface area contributed by atoms with Crippen LogP contribution in [0.15, 0.2) is 78.9 Å². The fourth-order valence-corrected chi connectivity index (χ4v) is 2.73. The average Bonchev–Trinajstić information content (AvgIpc) is 3.20. The van der Waals surface area contributed by atoms with Gasteiger partial charge in [0.2, 0.25) is 6.79 Å². The highest BCUT2D eigenvalue weighted by Gasteiger charge is 2.15. The standard InChI is InChI=1S/C23H18O4/c24-21(19-9-13-22-23(14-19)27-16-26-22)12-8-17-6-10-20(11-7-17)25-15-18-4-2-1-3-5-18/h1-14H,15-16H2. The van der Waals surface area contributed by atoms with Crippen LogP contribution in [0.5, 0.6) is 17.2 Å².